The summed E-state index contributed by atoms with van der Waals surface area (Å²) in [6.45, 7) is 4.30. The van der Waals surface area contributed by atoms with Gasteiger partial charge in [0.1, 0.15) is 0 Å². The second kappa shape index (κ2) is 13.8. The number of hydrogen-bond acceptors (Lipinski definition) is 7. The lowest BCUT2D eigenvalue weighted by Gasteiger charge is -2.13. The van der Waals surface area contributed by atoms with E-state index in [0.29, 0.717) is 41.0 Å². The number of carbonyl (C=O) groups excluding carboxylic acids is 3. The van der Waals surface area contributed by atoms with Crippen LogP contribution in [-0.4, -0.2) is 57.4 Å². The fourth-order valence-corrected chi connectivity index (χ4v) is 2.75. The molecule has 0 radical (unpaired) electrons. The smallest absolute Gasteiger partial charge is 0.329 e. The molecule has 0 saturated heterocycles. The third-order valence-corrected chi connectivity index (χ3v) is 4.67. The molecule has 2 aromatic carbocycles. The van der Waals surface area contributed by atoms with Crippen LogP contribution >= 0.6 is 11.6 Å². The van der Waals surface area contributed by atoms with E-state index in [-0.39, 0.29) is 19.1 Å². The molecule has 3 amide bonds. The minimum atomic E-state index is -0.904. The molecule has 0 bridgehead atoms. The van der Waals surface area contributed by atoms with Crippen molar-refractivity contribution in [2.24, 2.45) is 5.10 Å². The van der Waals surface area contributed by atoms with Crippen molar-refractivity contribution in [3.8, 4) is 11.5 Å². The summed E-state index contributed by atoms with van der Waals surface area (Å²) in [6, 6.07) is 10.1. The first-order chi connectivity index (χ1) is 16.3. The Bertz CT molecular complexity index is 1040. The Labute approximate surface area is 202 Å². The van der Waals surface area contributed by atoms with Gasteiger partial charge < -0.3 is 24.8 Å². The van der Waals surface area contributed by atoms with Crippen molar-refractivity contribution in [1.29, 1.82) is 0 Å². The Kier molecular flexibility index (Phi) is 10.8. The molecular weight excluding hydrogens is 464 g/mol. The molecule has 0 aliphatic carbocycles. The number of nitrogens with zero attached hydrogens (tertiary/aromatic N) is 1. The summed E-state index contributed by atoms with van der Waals surface area (Å²) in [5.41, 5.74) is 4.19. The van der Waals surface area contributed by atoms with Crippen molar-refractivity contribution in [3.05, 3.63) is 52.5 Å². The summed E-state index contributed by atoms with van der Waals surface area (Å²) in [4.78, 5) is 35.5. The predicted molar refractivity (Wildman–Crippen MR) is 129 cm³/mol. The Morgan fingerprint density at radius 1 is 1.06 bits per heavy atom. The number of benzene rings is 2. The Morgan fingerprint density at radius 2 is 1.85 bits per heavy atom. The van der Waals surface area contributed by atoms with Crippen LogP contribution in [0.5, 0.6) is 11.5 Å². The molecule has 0 spiro atoms. The number of amides is 3. The Hall–Kier alpha value is -3.63. The topological polar surface area (TPSA) is 127 Å². The van der Waals surface area contributed by atoms with Gasteiger partial charge in [-0.3, -0.25) is 14.4 Å². The third-order valence-electron chi connectivity index (χ3n) is 4.26. The van der Waals surface area contributed by atoms with Gasteiger partial charge in [-0.15, -0.1) is 0 Å². The van der Waals surface area contributed by atoms with Crippen LogP contribution in [0.15, 0.2) is 41.5 Å². The van der Waals surface area contributed by atoms with Gasteiger partial charge in [0, 0.05) is 24.4 Å². The SMILES string of the molecule is CCOc1cc(/C=N\NC(=O)C(=O)NCCOC)ccc1OCC(=O)Nc1ccc(C)c(Cl)c1. The van der Waals surface area contributed by atoms with Crippen LogP contribution in [0.3, 0.4) is 0 Å². The van der Waals surface area contributed by atoms with Crippen LogP contribution < -0.4 is 25.5 Å². The highest BCUT2D eigenvalue weighted by Gasteiger charge is 2.12. The lowest BCUT2D eigenvalue weighted by atomic mass is 10.2. The monoisotopic (exact) mass is 490 g/mol. The first-order valence-corrected chi connectivity index (χ1v) is 10.8. The van der Waals surface area contributed by atoms with E-state index < -0.39 is 11.8 Å². The number of nitrogens with one attached hydrogen (secondary N) is 3. The molecule has 0 unspecified atom stereocenters. The van der Waals surface area contributed by atoms with Gasteiger partial charge in [0.25, 0.3) is 5.91 Å². The number of hydrogen-bond donors (Lipinski definition) is 3. The zero-order chi connectivity index (χ0) is 24.9. The van der Waals surface area contributed by atoms with Gasteiger partial charge in [-0.2, -0.15) is 5.10 Å². The Balaban J connectivity index is 1.94. The van der Waals surface area contributed by atoms with Gasteiger partial charge in [0.2, 0.25) is 0 Å². The van der Waals surface area contributed by atoms with Crippen LogP contribution in [0.25, 0.3) is 0 Å². The van der Waals surface area contributed by atoms with E-state index in [4.69, 9.17) is 25.8 Å². The molecule has 0 saturated carbocycles. The van der Waals surface area contributed by atoms with E-state index in [9.17, 15) is 14.4 Å². The van der Waals surface area contributed by atoms with Crippen molar-refractivity contribution in [1.82, 2.24) is 10.7 Å². The second-order valence-corrected chi connectivity index (χ2v) is 7.30. The maximum absolute atomic E-state index is 12.2. The van der Waals surface area contributed by atoms with Gasteiger partial charge in [-0.05, 0) is 55.3 Å². The molecular formula is C23H27ClN4O6. The minimum Gasteiger partial charge on any atom is -0.490 e. The zero-order valence-corrected chi connectivity index (χ0v) is 19.9. The fraction of sp³-hybridized carbons (Fsp3) is 0.304. The number of anilines is 1. The average Bonchev–Trinajstić information content (AvgIpc) is 2.81. The van der Waals surface area contributed by atoms with E-state index in [2.05, 4.69) is 21.2 Å². The molecule has 0 aliphatic rings. The van der Waals surface area contributed by atoms with Crippen molar-refractivity contribution < 1.29 is 28.6 Å². The molecule has 0 heterocycles. The van der Waals surface area contributed by atoms with Gasteiger partial charge in [0.15, 0.2) is 18.1 Å². The highest BCUT2D eigenvalue weighted by atomic mass is 35.5. The van der Waals surface area contributed by atoms with Crippen molar-refractivity contribution >= 4 is 41.2 Å². The molecule has 10 nitrogen and oxygen atoms in total. The van der Waals surface area contributed by atoms with E-state index >= 15 is 0 Å². The molecule has 3 N–H and O–H groups in total. The summed E-state index contributed by atoms with van der Waals surface area (Å²) >= 11 is 6.08. The maximum atomic E-state index is 12.2. The van der Waals surface area contributed by atoms with Crippen LogP contribution in [0.4, 0.5) is 5.69 Å². The average molecular weight is 491 g/mol. The molecule has 0 aliphatic heterocycles. The lowest BCUT2D eigenvalue weighted by Crippen LogP contribution is -2.39. The van der Waals surface area contributed by atoms with Gasteiger partial charge in [0.05, 0.1) is 19.4 Å². The molecule has 182 valence electrons. The molecule has 0 atom stereocenters. The van der Waals surface area contributed by atoms with E-state index in [1.54, 1.807) is 37.3 Å². The minimum absolute atomic E-state index is 0.211. The van der Waals surface area contributed by atoms with Gasteiger partial charge >= 0.3 is 11.8 Å². The highest BCUT2D eigenvalue weighted by molar-refractivity contribution is 6.35. The summed E-state index contributed by atoms with van der Waals surface area (Å²) in [5.74, 6) is -1.34. The first-order valence-electron chi connectivity index (χ1n) is 10.4. The van der Waals surface area contributed by atoms with Crippen LogP contribution in [0.1, 0.15) is 18.1 Å². The molecule has 34 heavy (non-hydrogen) atoms. The Morgan fingerprint density at radius 3 is 2.56 bits per heavy atom. The number of methoxy groups -OCH3 is 1. The number of halogens is 1. The number of hydrazone groups is 1. The summed E-state index contributed by atoms with van der Waals surface area (Å²) < 4.78 is 16.0. The highest BCUT2D eigenvalue weighted by Crippen LogP contribution is 2.28. The molecule has 0 aromatic heterocycles. The number of ether oxygens (including phenoxy) is 3. The van der Waals surface area contributed by atoms with Crippen molar-refractivity contribution in [2.75, 3.05) is 38.8 Å². The molecule has 2 aromatic rings. The second-order valence-electron chi connectivity index (χ2n) is 6.89. The lowest BCUT2D eigenvalue weighted by molar-refractivity contribution is -0.139. The molecule has 11 heteroatoms. The predicted octanol–water partition coefficient (Wildman–Crippen LogP) is 2.28. The molecule has 0 fully saturated rings. The van der Waals surface area contributed by atoms with Gasteiger partial charge in [-0.25, -0.2) is 5.43 Å². The molecule has 2 rings (SSSR count). The van der Waals surface area contributed by atoms with E-state index in [0.717, 1.165) is 5.56 Å². The maximum Gasteiger partial charge on any atom is 0.329 e. The van der Waals surface area contributed by atoms with Crippen molar-refractivity contribution in [2.45, 2.75) is 13.8 Å². The third kappa shape index (κ3) is 8.72. The number of rotatable bonds is 11. The van der Waals surface area contributed by atoms with Crippen LogP contribution in [-0.2, 0) is 19.1 Å². The summed E-state index contributed by atoms with van der Waals surface area (Å²) in [7, 11) is 1.49. The fourth-order valence-electron chi connectivity index (χ4n) is 2.57. The quantitative estimate of drug-likeness (QED) is 0.192. The van der Waals surface area contributed by atoms with Crippen LogP contribution in [0.2, 0.25) is 5.02 Å². The zero-order valence-electron chi connectivity index (χ0n) is 19.1. The summed E-state index contributed by atoms with van der Waals surface area (Å²) in [5, 5.41) is 9.42. The largest absolute Gasteiger partial charge is 0.490 e. The van der Waals surface area contributed by atoms with Crippen molar-refractivity contribution in [3.63, 3.8) is 0 Å². The number of aryl methyl sites for hydroxylation is 1. The van der Waals surface area contributed by atoms with E-state index in [1.165, 1.54) is 13.3 Å². The van der Waals surface area contributed by atoms with E-state index in [1.807, 2.05) is 13.0 Å². The van der Waals surface area contributed by atoms with Gasteiger partial charge in [-0.1, -0.05) is 17.7 Å². The van der Waals surface area contributed by atoms with Crippen LogP contribution in [0, 0.1) is 6.92 Å². The normalized spacial score (nSPS) is 10.6. The first kappa shape index (κ1) is 26.6. The number of carbonyl (C=O) groups is 3. The standard InChI is InChI=1S/C23H27ClN4O6/c1-4-33-20-11-16(13-26-28-23(31)22(30)25-9-10-32-3)6-8-19(20)34-14-21(29)27-17-7-5-15(2)18(24)12-17/h5-8,11-13H,4,9-10,14H2,1-3H3,(H,25,30)(H,27,29)(H,28,31)/b26-13-. The summed E-state index contributed by atoms with van der Waals surface area (Å²) in [6.07, 6.45) is 1.35.